The first-order valence-corrected chi connectivity index (χ1v) is 9.05. The Morgan fingerprint density at radius 1 is 0.724 bits per heavy atom. The molecule has 0 radical (unpaired) electrons. The molecule has 1 aromatic heterocycles. The van der Waals surface area contributed by atoms with Crippen molar-refractivity contribution in [3.63, 3.8) is 0 Å². The SMILES string of the molecule is COc1cc2c3ccc(OC)c(OC)c3n(C(=O)c3ccccc3)c2cc1OC. The monoisotopic (exact) mass is 391 g/mol. The summed E-state index contributed by atoms with van der Waals surface area (Å²) < 4.78 is 23.7. The van der Waals surface area contributed by atoms with Gasteiger partial charge in [0.15, 0.2) is 23.0 Å². The van der Waals surface area contributed by atoms with E-state index in [4.69, 9.17) is 18.9 Å². The van der Waals surface area contributed by atoms with E-state index in [1.54, 1.807) is 51.2 Å². The van der Waals surface area contributed by atoms with Gasteiger partial charge in [-0.3, -0.25) is 9.36 Å². The van der Waals surface area contributed by atoms with Crippen LogP contribution < -0.4 is 18.9 Å². The van der Waals surface area contributed by atoms with E-state index in [2.05, 4.69) is 0 Å². The lowest BCUT2D eigenvalue weighted by Crippen LogP contribution is -2.12. The van der Waals surface area contributed by atoms with Gasteiger partial charge in [0.1, 0.15) is 5.52 Å². The zero-order chi connectivity index (χ0) is 20.5. The standard InChI is InChI=1S/C23H21NO5/c1-26-18-11-10-15-16-12-19(27-2)20(28-3)13-17(16)24(21(15)22(18)29-4)23(25)14-8-6-5-7-9-14/h5-13H,1-4H3. The minimum absolute atomic E-state index is 0.177. The fraction of sp³-hybridized carbons (Fsp3) is 0.174. The molecule has 0 N–H and O–H groups in total. The molecule has 148 valence electrons. The van der Waals surface area contributed by atoms with E-state index in [1.165, 1.54) is 0 Å². The Balaban J connectivity index is 2.18. The summed E-state index contributed by atoms with van der Waals surface area (Å²) in [6.07, 6.45) is 0. The van der Waals surface area contributed by atoms with E-state index in [-0.39, 0.29) is 5.91 Å². The molecule has 0 unspecified atom stereocenters. The Kier molecular flexibility index (Phi) is 4.76. The van der Waals surface area contributed by atoms with Crippen LogP contribution in [0.25, 0.3) is 21.8 Å². The summed E-state index contributed by atoms with van der Waals surface area (Å²) in [4.78, 5) is 13.6. The van der Waals surface area contributed by atoms with Gasteiger partial charge in [-0.15, -0.1) is 0 Å². The number of rotatable bonds is 5. The minimum atomic E-state index is -0.177. The molecule has 0 spiro atoms. The van der Waals surface area contributed by atoms with Gasteiger partial charge < -0.3 is 18.9 Å². The summed E-state index contributed by atoms with van der Waals surface area (Å²) in [6, 6.07) is 16.5. The molecule has 0 saturated heterocycles. The van der Waals surface area contributed by atoms with Gasteiger partial charge in [0.05, 0.1) is 34.0 Å². The van der Waals surface area contributed by atoms with Gasteiger partial charge in [-0.2, -0.15) is 0 Å². The van der Waals surface area contributed by atoms with Gasteiger partial charge in [-0.1, -0.05) is 18.2 Å². The quantitative estimate of drug-likeness (QED) is 0.501. The molecule has 6 heteroatoms. The molecule has 29 heavy (non-hydrogen) atoms. The maximum Gasteiger partial charge on any atom is 0.263 e. The highest BCUT2D eigenvalue weighted by molar-refractivity contribution is 6.18. The average Bonchev–Trinajstić information content (AvgIpc) is 3.10. The van der Waals surface area contributed by atoms with Crippen molar-refractivity contribution in [1.82, 2.24) is 4.57 Å². The van der Waals surface area contributed by atoms with Crippen LogP contribution in [0.1, 0.15) is 10.4 Å². The molecular formula is C23H21NO5. The molecule has 0 saturated carbocycles. The number of hydrogen-bond donors (Lipinski definition) is 0. The summed E-state index contributed by atoms with van der Waals surface area (Å²) in [7, 11) is 6.29. The van der Waals surface area contributed by atoms with Gasteiger partial charge in [0.25, 0.3) is 5.91 Å². The topological polar surface area (TPSA) is 58.9 Å². The highest BCUT2D eigenvalue weighted by Crippen LogP contribution is 2.44. The molecule has 0 bridgehead atoms. The van der Waals surface area contributed by atoms with Crippen LogP contribution in [0.2, 0.25) is 0 Å². The summed E-state index contributed by atoms with van der Waals surface area (Å²) in [5.74, 6) is 1.98. The van der Waals surface area contributed by atoms with Crippen molar-refractivity contribution >= 4 is 27.7 Å². The number of carbonyl (C=O) groups is 1. The van der Waals surface area contributed by atoms with Crippen LogP contribution in [0.5, 0.6) is 23.0 Å². The molecule has 6 nitrogen and oxygen atoms in total. The second-order valence-electron chi connectivity index (χ2n) is 6.43. The number of hydrogen-bond acceptors (Lipinski definition) is 5. The molecule has 0 atom stereocenters. The van der Waals surface area contributed by atoms with Gasteiger partial charge in [-0.05, 0) is 30.3 Å². The van der Waals surface area contributed by atoms with Crippen molar-refractivity contribution in [1.29, 1.82) is 0 Å². The van der Waals surface area contributed by atoms with E-state index in [0.717, 1.165) is 10.8 Å². The third-order valence-corrected chi connectivity index (χ3v) is 5.00. The minimum Gasteiger partial charge on any atom is -0.493 e. The van der Waals surface area contributed by atoms with Gasteiger partial charge >= 0.3 is 0 Å². The molecule has 4 rings (SSSR count). The first kappa shape index (κ1) is 18.7. The highest BCUT2D eigenvalue weighted by Gasteiger charge is 2.24. The highest BCUT2D eigenvalue weighted by atomic mass is 16.5. The normalized spacial score (nSPS) is 10.9. The zero-order valence-electron chi connectivity index (χ0n) is 16.7. The van der Waals surface area contributed by atoms with Crippen LogP contribution in [-0.2, 0) is 0 Å². The predicted octanol–water partition coefficient (Wildman–Crippen LogP) is 4.52. The van der Waals surface area contributed by atoms with Crippen LogP contribution >= 0.6 is 0 Å². The predicted molar refractivity (Wildman–Crippen MR) is 112 cm³/mol. The van der Waals surface area contributed by atoms with Crippen LogP contribution in [-0.4, -0.2) is 38.9 Å². The Labute approximate surface area is 168 Å². The maximum absolute atomic E-state index is 13.6. The molecule has 0 aliphatic carbocycles. The number of fused-ring (bicyclic) bond motifs is 3. The average molecular weight is 391 g/mol. The van der Waals surface area contributed by atoms with Gasteiger partial charge in [0, 0.05) is 22.4 Å². The van der Waals surface area contributed by atoms with Crippen LogP contribution in [0, 0.1) is 0 Å². The molecular weight excluding hydrogens is 370 g/mol. The van der Waals surface area contributed by atoms with Crippen LogP contribution in [0.4, 0.5) is 0 Å². The first-order valence-electron chi connectivity index (χ1n) is 9.05. The van der Waals surface area contributed by atoms with E-state index in [1.807, 2.05) is 36.4 Å². The third kappa shape index (κ3) is 2.84. The number of carbonyl (C=O) groups excluding carboxylic acids is 1. The molecule has 0 aliphatic rings. The van der Waals surface area contributed by atoms with Crippen molar-refractivity contribution in [2.45, 2.75) is 0 Å². The number of aromatic nitrogens is 1. The van der Waals surface area contributed by atoms with Crippen molar-refractivity contribution in [3.05, 3.63) is 60.2 Å². The molecule has 0 aliphatic heterocycles. The van der Waals surface area contributed by atoms with Gasteiger partial charge in [-0.25, -0.2) is 0 Å². The maximum atomic E-state index is 13.6. The lowest BCUT2D eigenvalue weighted by Gasteiger charge is -2.12. The number of methoxy groups -OCH3 is 4. The van der Waals surface area contributed by atoms with Crippen molar-refractivity contribution < 1.29 is 23.7 Å². The largest absolute Gasteiger partial charge is 0.493 e. The van der Waals surface area contributed by atoms with Gasteiger partial charge in [0.2, 0.25) is 0 Å². The Morgan fingerprint density at radius 3 is 2.00 bits per heavy atom. The fourth-order valence-corrected chi connectivity index (χ4v) is 3.66. The Morgan fingerprint density at radius 2 is 1.38 bits per heavy atom. The summed E-state index contributed by atoms with van der Waals surface area (Å²) in [5.41, 5.74) is 1.88. The molecule has 4 aromatic rings. The van der Waals surface area contributed by atoms with E-state index in [9.17, 15) is 4.79 Å². The van der Waals surface area contributed by atoms with Crippen molar-refractivity contribution in [3.8, 4) is 23.0 Å². The van der Waals surface area contributed by atoms with E-state index >= 15 is 0 Å². The number of ether oxygens (including phenoxy) is 4. The van der Waals surface area contributed by atoms with Crippen molar-refractivity contribution in [2.24, 2.45) is 0 Å². The zero-order valence-corrected chi connectivity index (χ0v) is 16.7. The van der Waals surface area contributed by atoms with Crippen LogP contribution in [0.3, 0.4) is 0 Å². The fourth-order valence-electron chi connectivity index (χ4n) is 3.66. The number of nitrogens with zero attached hydrogens (tertiary/aromatic N) is 1. The summed E-state index contributed by atoms with van der Waals surface area (Å²) in [6.45, 7) is 0. The second-order valence-corrected chi connectivity index (χ2v) is 6.43. The molecule has 3 aromatic carbocycles. The third-order valence-electron chi connectivity index (χ3n) is 5.00. The second kappa shape index (κ2) is 7.39. The molecule has 1 heterocycles. The lowest BCUT2D eigenvalue weighted by atomic mass is 10.1. The van der Waals surface area contributed by atoms with Crippen LogP contribution in [0.15, 0.2) is 54.6 Å². The van der Waals surface area contributed by atoms with E-state index < -0.39 is 0 Å². The Hall–Kier alpha value is -3.67. The van der Waals surface area contributed by atoms with Crippen molar-refractivity contribution in [2.75, 3.05) is 28.4 Å². The molecule has 0 amide bonds. The summed E-state index contributed by atoms with van der Waals surface area (Å²) in [5, 5.41) is 1.70. The molecule has 0 fully saturated rings. The summed E-state index contributed by atoms with van der Waals surface area (Å²) >= 11 is 0. The number of benzene rings is 3. The first-order chi connectivity index (χ1) is 14.1. The Bertz CT molecular complexity index is 1210. The van der Waals surface area contributed by atoms with E-state index in [0.29, 0.717) is 39.6 Å². The smallest absolute Gasteiger partial charge is 0.263 e. The lowest BCUT2D eigenvalue weighted by molar-refractivity contribution is 0.0969.